The van der Waals surface area contributed by atoms with E-state index in [9.17, 15) is 19.2 Å². The summed E-state index contributed by atoms with van der Waals surface area (Å²) in [5.74, 6) is 2.57. The molecular formula is C47H58O5. The Morgan fingerprint density at radius 3 is 1.46 bits per heavy atom. The van der Waals surface area contributed by atoms with Crippen LogP contribution in [0.15, 0.2) is 116 Å². The lowest BCUT2D eigenvalue weighted by Gasteiger charge is -2.05. The zero-order valence-corrected chi connectivity index (χ0v) is 32.5. The second-order valence-corrected chi connectivity index (χ2v) is 14.5. The lowest BCUT2D eigenvalue weighted by molar-refractivity contribution is 0.411. The van der Waals surface area contributed by atoms with Crippen molar-refractivity contribution in [2.75, 3.05) is 7.11 Å². The van der Waals surface area contributed by atoms with Crippen LogP contribution in [0.25, 0.3) is 0 Å². The number of hydrogen-bond acceptors (Lipinski definition) is 5. The molecule has 2 aliphatic carbocycles. The van der Waals surface area contributed by atoms with Crippen LogP contribution < -0.4 is 26.5 Å². The molecule has 4 aromatic carbocycles. The van der Waals surface area contributed by atoms with Gasteiger partial charge in [-0.05, 0) is 146 Å². The summed E-state index contributed by atoms with van der Waals surface area (Å²) in [6.07, 6.45) is 8.64. The van der Waals surface area contributed by atoms with Gasteiger partial charge in [0, 0.05) is 0 Å². The van der Waals surface area contributed by atoms with Gasteiger partial charge in [0.15, 0.2) is 22.0 Å². The average molecular weight is 703 g/mol. The molecular weight excluding hydrogens is 645 g/mol. The molecule has 0 bridgehead atoms. The first-order chi connectivity index (χ1) is 24.8. The topological polar surface area (TPSA) is 77.5 Å². The maximum absolute atomic E-state index is 11.6. The van der Waals surface area contributed by atoms with Gasteiger partial charge in [-0.2, -0.15) is 0 Å². The number of rotatable bonds is 6. The standard InChI is InChI=1S/C13H16O.C12H16O.C11H12O2.C11H14O/c1-10-5-4-8-12(9-13(10)14)11-6-2-3-7-11;1-4-9(2)11-7-5-6-10(3)12(13)8-11;1-13-11-4-2-3-9(7-10(11)12)8-5-6-8;1-8(2)10-6-4-5-9(3)11(12)7-10/h4-5,8-9,11H,2-3,6-7H2,1H3;5-9H,4H2,1-3H3;2-4,7-8H,5-6H2,1H3;4-8H,1-3H3. The molecule has 5 heteroatoms. The van der Waals surface area contributed by atoms with Crippen LogP contribution in [0.1, 0.15) is 135 Å². The molecule has 0 heterocycles. The van der Waals surface area contributed by atoms with E-state index in [1.807, 2.05) is 87.5 Å². The molecule has 0 saturated heterocycles. The third-order valence-corrected chi connectivity index (χ3v) is 9.98. The zero-order valence-electron chi connectivity index (χ0n) is 32.5. The summed E-state index contributed by atoms with van der Waals surface area (Å²) in [6, 6.07) is 30.2. The summed E-state index contributed by atoms with van der Waals surface area (Å²) in [5, 5.41) is 0. The van der Waals surface area contributed by atoms with Crippen LogP contribution in [0.4, 0.5) is 0 Å². The molecule has 0 amide bonds. The van der Waals surface area contributed by atoms with Crippen LogP contribution in [0.3, 0.4) is 0 Å². The van der Waals surface area contributed by atoms with E-state index in [1.54, 1.807) is 24.3 Å². The normalized spacial score (nSPS) is 14.0. The minimum Gasteiger partial charge on any atom is -0.493 e. The molecule has 2 fully saturated rings. The van der Waals surface area contributed by atoms with Gasteiger partial charge in [-0.1, -0.05) is 107 Å². The Morgan fingerprint density at radius 2 is 0.981 bits per heavy atom. The summed E-state index contributed by atoms with van der Waals surface area (Å²) in [6.45, 7) is 14.0. The number of aryl methyl sites for hydroxylation is 3. The maximum atomic E-state index is 11.6. The van der Waals surface area contributed by atoms with E-state index in [1.165, 1.54) is 51.2 Å². The Morgan fingerprint density at radius 1 is 0.558 bits per heavy atom. The van der Waals surface area contributed by atoms with Gasteiger partial charge in [-0.25, -0.2) is 0 Å². The van der Waals surface area contributed by atoms with Gasteiger partial charge in [-0.3, -0.25) is 19.2 Å². The molecule has 1 unspecified atom stereocenters. The molecule has 4 aromatic rings. The van der Waals surface area contributed by atoms with E-state index < -0.39 is 0 Å². The molecule has 2 aliphatic rings. The van der Waals surface area contributed by atoms with E-state index in [4.69, 9.17) is 4.74 Å². The lowest BCUT2D eigenvalue weighted by Crippen LogP contribution is -2.01. The third kappa shape index (κ3) is 13.5. The fourth-order valence-corrected chi connectivity index (χ4v) is 5.95. The van der Waals surface area contributed by atoms with E-state index >= 15 is 0 Å². The molecule has 0 aromatic heterocycles. The molecule has 276 valence electrons. The highest BCUT2D eigenvalue weighted by atomic mass is 16.5. The van der Waals surface area contributed by atoms with E-state index in [0.717, 1.165) is 39.8 Å². The SMILES string of the molecule is CCC(C)c1cccc(C)c(=O)c1.COc1cccc(C2CC2)cc1=O.Cc1cccc(C(C)C)cc1=O.Cc1cccc(C2CCCC2)cc1=O. The Hall–Kier alpha value is -4.64. The highest BCUT2D eigenvalue weighted by molar-refractivity contribution is 5.29. The average Bonchev–Trinajstić information content (AvgIpc) is 3.94. The van der Waals surface area contributed by atoms with Crippen LogP contribution in [-0.4, -0.2) is 7.11 Å². The van der Waals surface area contributed by atoms with Crippen LogP contribution in [0.5, 0.6) is 5.75 Å². The molecule has 0 aliphatic heterocycles. The van der Waals surface area contributed by atoms with Crippen LogP contribution >= 0.6 is 0 Å². The van der Waals surface area contributed by atoms with Gasteiger partial charge in [0.2, 0.25) is 5.43 Å². The molecule has 0 N–H and O–H groups in total. The summed E-state index contributed by atoms with van der Waals surface area (Å²) in [7, 11) is 1.52. The molecule has 6 rings (SSSR count). The van der Waals surface area contributed by atoms with Crippen molar-refractivity contribution in [3.05, 3.63) is 177 Å². The van der Waals surface area contributed by atoms with Crippen molar-refractivity contribution in [3.63, 3.8) is 0 Å². The Labute approximate surface area is 310 Å². The van der Waals surface area contributed by atoms with Crippen molar-refractivity contribution in [1.82, 2.24) is 0 Å². The Bertz CT molecular complexity index is 1990. The van der Waals surface area contributed by atoms with Gasteiger partial charge in [0.25, 0.3) is 0 Å². The molecule has 0 radical (unpaired) electrons. The van der Waals surface area contributed by atoms with Crippen LogP contribution in [0.2, 0.25) is 0 Å². The van der Waals surface area contributed by atoms with Gasteiger partial charge >= 0.3 is 0 Å². The Kier molecular flexibility index (Phi) is 16.9. The molecule has 52 heavy (non-hydrogen) atoms. The predicted octanol–water partition coefficient (Wildman–Crippen LogP) is 10.3. The summed E-state index contributed by atoms with van der Waals surface area (Å²) < 4.78 is 4.95. The third-order valence-electron chi connectivity index (χ3n) is 9.98. The van der Waals surface area contributed by atoms with E-state index in [-0.39, 0.29) is 21.7 Å². The first kappa shape index (κ1) is 41.8. The van der Waals surface area contributed by atoms with Gasteiger partial charge in [0.1, 0.15) is 0 Å². The largest absolute Gasteiger partial charge is 0.493 e. The fraction of sp³-hybridized carbons (Fsp3) is 0.404. The molecule has 1 atom stereocenters. The molecule has 2 saturated carbocycles. The van der Waals surface area contributed by atoms with Gasteiger partial charge in [-0.15, -0.1) is 0 Å². The fourth-order valence-electron chi connectivity index (χ4n) is 5.95. The van der Waals surface area contributed by atoms with Crippen LogP contribution in [0, 0.1) is 20.8 Å². The minimum atomic E-state index is -0.0191. The predicted molar refractivity (Wildman–Crippen MR) is 218 cm³/mol. The van der Waals surface area contributed by atoms with Crippen molar-refractivity contribution >= 4 is 0 Å². The first-order valence-corrected chi connectivity index (χ1v) is 18.8. The van der Waals surface area contributed by atoms with E-state index in [2.05, 4.69) is 33.8 Å². The second-order valence-electron chi connectivity index (χ2n) is 14.5. The molecule has 0 spiro atoms. The lowest BCUT2D eigenvalue weighted by atomic mass is 9.99. The zero-order chi connectivity index (χ0) is 38.2. The number of hydrogen-bond donors (Lipinski definition) is 0. The monoisotopic (exact) mass is 702 g/mol. The van der Waals surface area contributed by atoms with Crippen LogP contribution in [-0.2, 0) is 0 Å². The first-order valence-electron chi connectivity index (χ1n) is 18.8. The van der Waals surface area contributed by atoms with Crippen molar-refractivity contribution in [2.45, 2.75) is 117 Å². The summed E-state index contributed by atoms with van der Waals surface area (Å²) in [5.41, 5.74) is 7.52. The summed E-state index contributed by atoms with van der Waals surface area (Å²) >= 11 is 0. The highest BCUT2D eigenvalue weighted by Gasteiger charge is 2.23. The quantitative estimate of drug-likeness (QED) is 0.200. The number of ether oxygens (including phenoxy) is 1. The molecule has 5 nitrogen and oxygen atoms in total. The highest BCUT2D eigenvalue weighted by Crippen LogP contribution is 2.39. The van der Waals surface area contributed by atoms with Crippen molar-refractivity contribution < 1.29 is 4.74 Å². The van der Waals surface area contributed by atoms with Crippen molar-refractivity contribution in [3.8, 4) is 5.75 Å². The smallest absolute Gasteiger partial charge is 0.220 e. The van der Waals surface area contributed by atoms with Crippen molar-refractivity contribution in [2.24, 2.45) is 0 Å². The second kappa shape index (κ2) is 21.0. The van der Waals surface area contributed by atoms with Gasteiger partial charge < -0.3 is 4.74 Å². The minimum absolute atomic E-state index is 0.0191. The Balaban J connectivity index is 0.000000187. The van der Waals surface area contributed by atoms with Gasteiger partial charge in [0.05, 0.1) is 7.11 Å². The van der Waals surface area contributed by atoms with E-state index in [0.29, 0.717) is 29.4 Å². The maximum Gasteiger partial charge on any atom is 0.220 e. The van der Waals surface area contributed by atoms with Crippen molar-refractivity contribution in [1.29, 1.82) is 0 Å². The summed E-state index contributed by atoms with van der Waals surface area (Å²) in [4.78, 5) is 45.9. The number of methoxy groups -OCH3 is 1.